The summed E-state index contributed by atoms with van der Waals surface area (Å²) in [6, 6.07) is 28.0. The van der Waals surface area contributed by atoms with Crippen LogP contribution in [0.25, 0.3) is 10.8 Å². The third-order valence-electron chi connectivity index (χ3n) is 5.49. The number of benzene rings is 4. The van der Waals surface area contributed by atoms with Gasteiger partial charge in [0.1, 0.15) is 6.29 Å². The highest BCUT2D eigenvalue weighted by Gasteiger charge is 2.16. The number of hydrogen-bond donors (Lipinski definition) is 2. The third-order valence-corrected chi connectivity index (χ3v) is 6.89. The van der Waals surface area contributed by atoms with Crippen molar-refractivity contribution < 1.29 is 18.0 Å². The lowest BCUT2D eigenvalue weighted by Crippen LogP contribution is -2.37. The van der Waals surface area contributed by atoms with Gasteiger partial charge in [-0.15, -0.1) is 0 Å². The minimum absolute atomic E-state index is 0.0853. The Kier molecular flexibility index (Phi) is 7.15. The van der Waals surface area contributed by atoms with Crippen molar-refractivity contribution in [2.45, 2.75) is 23.9 Å². The van der Waals surface area contributed by atoms with Crippen LogP contribution >= 0.6 is 0 Å². The van der Waals surface area contributed by atoms with Crippen LogP contribution < -0.4 is 10.0 Å². The van der Waals surface area contributed by atoms with E-state index in [1.807, 2.05) is 54.6 Å². The fraction of sp³-hybridized carbons (Fsp3) is 0.111. The van der Waals surface area contributed by atoms with Crippen LogP contribution in [0, 0.1) is 0 Å². The van der Waals surface area contributed by atoms with Gasteiger partial charge in [0.25, 0.3) is 5.91 Å². The summed E-state index contributed by atoms with van der Waals surface area (Å²) >= 11 is 0. The lowest BCUT2D eigenvalue weighted by atomic mass is 10.1. The largest absolute Gasteiger partial charge is 0.342 e. The van der Waals surface area contributed by atoms with Crippen LogP contribution in [0.1, 0.15) is 21.5 Å². The van der Waals surface area contributed by atoms with Gasteiger partial charge in [0.2, 0.25) is 10.0 Å². The van der Waals surface area contributed by atoms with E-state index >= 15 is 0 Å². The fourth-order valence-corrected chi connectivity index (χ4v) is 4.68. The predicted octanol–water partition coefficient (Wildman–Crippen LogP) is 3.86. The summed E-state index contributed by atoms with van der Waals surface area (Å²) in [5.74, 6) is -0.365. The average Bonchev–Trinajstić information content (AvgIpc) is 2.87. The maximum absolute atomic E-state index is 12.7. The lowest BCUT2D eigenvalue weighted by molar-refractivity contribution is -0.109. The van der Waals surface area contributed by atoms with Gasteiger partial charge >= 0.3 is 0 Å². The zero-order chi connectivity index (χ0) is 24.0. The molecule has 172 valence electrons. The first-order chi connectivity index (χ1) is 16.4. The van der Waals surface area contributed by atoms with Crippen LogP contribution in [0.3, 0.4) is 0 Å². The summed E-state index contributed by atoms with van der Waals surface area (Å²) in [6.07, 6.45) is 1.13. The molecule has 0 bridgehead atoms. The van der Waals surface area contributed by atoms with Gasteiger partial charge in [0.05, 0.1) is 10.9 Å². The van der Waals surface area contributed by atoms with E-state index < -0.39 is 16.1 Å². The maximum atomic E-state index is 12.7. The number of fused-ring (bicyclic) bond motifs is 1. The molecule has 0 aliphatic rings. The topological polar surface area (TPSA) is 92.3 Å². The van der Waals surface area contributed by atoms with Gasteiger partial charge in [-0.1, -0.05) is 72.8 Å². The summed E-state index contributed by atoms with van der Waals surface area (Å²) in [5, 5.41) is 4.54. The van der Waals surface area contributed by atoms with E-state index in [9.17, 15) is 18.0 Å². The van der Waals surface area contributed by atoms with Crippen molar-refractivity contribution in [1.82, 2.24) is 10.0 Å². The third kappa shape index (κ3) is 5.75. The zero-order valence-corrected chi connectivity index (χ0v) is 19.2. The molecule has 0 saturated heterocycles. The normalized spacial score (nSPS) is 12.2. The highest BCUT2D eigenvalue weighted by atomic mass is 32.2. The molecule has 0 fully saturated rings. The number of aldehydes is 1. The summed E-state index contributed by atoms with van der Waals surface area (Å²) in [4.78, 5) is 24.2. The quantitative estimate of drug-likeness (QED) is 0.362. The second-order valence-corrected chi connectivity index (χ2v) is 9.70. The average molecular weight is 473 g/mol. The van der Waals surface area contributed by atoms with Crippen LogP contribution in [-0.2, 0) is 27.8 Å². The Hall–Kier alpha value is -3.81. The molecule has 0 spiro atoms. The first-order valence-corrected chi connectivity index (χ1v) is 12.3. The predicted molar refractivity (Wildman–Crippen MR) is 132 cm³/mol. The molecule has 0 saturated carbocycles. The highest BCUT2D eigenvalue weighted by molar-refractivity contribution is 7.89. The Labute approximate surface area is 198 Å². The second-order valence-electron chi connectivity index (χ2n) is 7.94. The van der Waals surface area contributed by atoms with E-state index in [0.29, 0.717) is 17.5 Å². The van der Waals surface area contributed by atoms with Crippen LogP contribution in [0.2, 0.25) is 0 Å². The molecule has 4 aromatic rings. The molecular formula is C27H24N2O4S. The molecule has 1 atom stereocenters. The molecular weight excluding hydrogens is 448 g/mol. The van der Waals surface area contributed by atoms with E-state index in [0.717, 1.165) is 22.6 Å². The highest BCUT2D eigenvalue weighted by Crippen LogP contribution is 2.19. The summed E-state index contributed by atoms with van der Waals surface area (Å²) in [7, 11) is -3.69. The van der Waals surface area contributed by atoms with Gasteiger partial charge < -0.3 is 10.1 Å². The summed E-state index contributed by atoms with van der Waals surface area (Å²) in [5.41, 5.74) is 2.05. The van der Waals surface area contributed by atoms with Crippen molar-refractivity contribution in [1.29, 1.82) is 0 Å². The van der Waals surface area contributed by atoms with Crippen molar-refractivity contribution in [2.75, 3.05) is 0 Å². The Morgan fingerprint density at radius 2 is 1.47 bits per heavy atom. The minimum Gasteiger partial charge on any atom is -0.342 e. The van der Waals surface area contributed by atoms with Crippen LogP contribution in [-0.4, -0.2) is 26.7 Å². The Morgan fingerprint density at radius 3 is 2.18 bits per heavy atom. The fourth-order valence-electron chi connectivity index (χ4n) is 3.62. The standard InChI is InChI=1S/C27H24N2O4S/c30-19-25(16-20-6-2-1-3-7-20)29-27(31)23-12-10-21(11-13-23)18-28-34(32,33)26-15-14-22-8-4-5-9-24(22)17-26/h1-15,17,19,25,28H,16,18H2,(H,29,31)/t25-/m0/s1. The molecule has 7 heteroatoms. The SMILES string of the molecule is O=C[C@H](Cc1ccccc1)NC(=O)c1ccc(CNS(=O)(=O)c2ccc3ccccc3c2)cc1. The summed E-state index contributed by atoms with van der Waals surface area (Å²) < 4.78 is 28.0. The van der Waals surface area contributed by atoms with E-state index in [-0.39, 0.29) is 17.3 Å². The number of carbonyl (C=O) groups excluding carboxylic acids is 2. The van der Waals surface area contributed by atoms with E-state index in [1.54, 1.807) is 42.5 Å². The smallest absolute Gasteiger partial charge is 0.251 e. The molecule has 0 radical (unpaired) electrons. The van der Waals surface area contributed by atoms with Gasteiger partial charge in [-0.2, -0.15) is 0 Å². The monoisotopic (exact) mass is 472 g/mol. The molecule has 4 rings (SSSR count). The molecule has 2 N–H and O–H groups in total. The van der Waals surface area contributed by atoms with E-state index in [2.05, 4.69) is 10.0 Å². The number of rotatable bonds is 9. The van der Waals surface area contributed by atoms with Crippen molar-refractivity contribution in [2.24, 2.45) is 0 Å². The molecule has 0 heterocycles. The number of carbonyl (C=O) groups is 2. The molecule has 0 aromatic heterocycles. The lowest BCUT2D eigenvalue weighted by Gasteiger charge is -2.13. The zero-order valence-electron chi connectivity index (χ0n) is 18.3. The first kappa shape index (κ1) is 23.4. The van der Waals surface area contributed by atoms with Crippen molar-refractivity contribution in [3.63, 3.8) is 0 Å². The molecule has 0 aliphatic carbocycles. The van der Waals surface area contributed by atoms with Crippen LogP contribution in [0.4, 0.5) is 0 Å². The van der Waals surface area contributed by atoms with Gasteiger partial charge in [0, 0.05) is 12.1 Å². The van der Waals surface area contributed by atoms with Crippen LogP contribution in [0.5, 0.6) is 0 Å². The molecule has 34 heavy (non-hydrogen) atoms. The van der Waals surface area contributed by atoms with E-state index in [4.69, 9.17) is 0 Å². The molecule has 4 aromatic carbocycles. The number of nitrogens with one attached hydrogen (secondary N) is 2. The van der Waals surface area contributed by atoms with E-state index in [1.165, 1.54) is 0 Å². The van der Waals surface area contributed by atoms with Crippen molar-refractivity contribution >= 4 is 33.0 Å². The number of amides is 1. The van der Waals surface area contributed by atoms with Gasteiger partial charge in [-0.25, -0.2) is 13.1 Å². The number of hydrogen-bond acceptors (Lipinski definition) is 4. The number of sulfonamides is 1. The molecule has 1 amide bonds. The minimum atomic E-state index is -3.69. The molecule has 0 aliphatic heterocycles. The summed E-state index contributed by atoms with van der Waals surface area (Å²) in [6.45, 7) is 0.0853. The molecule has 0 unspecified atom stereocenters. The Balaban J connectivity index is 1.37. The Morgan fingerprint density at radius 1 is 0.794 bits per heavy atom. The van der Waals surface area contributed by atoms with Crippen molar-refractivity contribution in [3.05, 3.63) is 114 Å². The first-order valence-electron chi connectivity index (χ1n) is 10.8. The second kappa shape index (κ2) is 10.4. The molecule has 6 nitrogen and oxygen atoms in total. The van der Waals surface area contributed by atoms with Crippen molar-refractivity contribution in [3.8, 4) is 0 Å². The van der Waals surface area contributed by atoms with Gasteiger partial charge in [-0.05, 0) is 52.6 Å². The van der Waals surface area contributed by atoms with Gasteiger partial charge in [0.15, 0.2) is 0 Å². The maximum Gasteiger partial charge on any atom is 0.251 e. The Bertz CT molecular complexity index is 1400. The van der Waals surface area contributed by atoms with Gasteiger partial charge in [-0.3, -0.25) is 4.79 Å². The van der Waals surface area contributed by atoms with Crippen LogP contribution in [0.15, 0.2) is 102 Å².